The molecule has 1 heterocycles. The van der Waals surface area contributed by atoms with Crippen LogP contribution in [0.1, 0.15) is 45.6 Å². The SMILES string of the molecule is CC1(C)OB(C(F)=CC2CC2c2ccccc2)OC1(C)C. The number of rotatable bonds is 3. The molecule has 0 amide bonds. The van der Waals surface area contributed by atoms with Gasteiger partial charge in [0.05, 0.1) is 11.2 Å². The Morgan fingerprint density at radius 1 is 1.14 bits per heavy atom. The van der Waals surface area contributed by atoms with Crippen molar-refractivity contribution < 1.29 is 13.7 Å². The molecule has 1 aromatic carbocycles. The van der Waals surface area contributed by atoms with Crippen LogP contribution in [0.4, 0.5) is 4.39 Å². The Morgan fingerprint density at radius 3 is 2.29 bits per heavy atom. The van der Waals surface area contributed by atoms with Crippen LogP contribution in [0.2, 0.25) is 0 Å². The summed E-state index contributed by atoms with van der Waals surface area (Å²) in [4.78, 5) is 0. The number of allylic oxidation sites excluding steroid dienone is 1. The lowest BCUT2D eigenvalue weighted by Crippen LogP contribution is -2.41. The van der Waals surface area contributed by atoms with Crippen molar-refractivity contribution >= 4 is 7.12 Å². The topological polar surface area (TPSA) is 18.5 Å². The van der Waals surface area contributed by atoms with Crippen LogP contribution in [-0.4, -0.2) is 18.3 Å². The van der Waals surface area contributed by atoms with Crippen molar-refractivity contribution in [2.45, 2.75) is 51.2 Å². The third kappa shape index (κ3) is 2.79. The van der Waals surface area contributed by atoms with E-state index in [2.05, 4.69) is 12.1 Å². The van der Waals surface area contributed by atoms with Crippen LogP contribution >= 0.6 is 0 Å². The first kappa shape index (κ1) is 14.8. The monoisotopic (exact) mass is 288 g/mol. The molecule has 112 valence electrons. The van der Waals surface area contributed by atoms with Gasteiger partial charge in [0.2, 0.25) is 0 Å². The molecular weight excluding hydrogens is 266 g/mol. The third-order valence-electron chi connectivity index (χ3n) is 4.92. The first-order chi connectivity index (χ1) is 9.80. The van der Waals surface area contributed by atoms with Crippen molar-refractivity contribution in [1.29, 1.82) is 0 Å². The van der Waals surface area contributed by atoms with Gasteiger partial charge < -0.3 is 9.31 Å². The zero-order valence-electron chi connectivity index (χ0n) is 13.1. The Hall–Kier alpha value is -1.13. The molecule has 1 saturated carbocycles. The molecule has 1 saturated heterocycles. The zero-order valence-corrected chi connectivity index (χ0v) is 13.1. The molecule has 0 aromatic heterocycles. The minimum atomic E-state index is -0.868. The summed E-state index contributed by atoms with van der Waals surface area (Å²) in [6.07, 6.45) is 2.68. The summed E-state index contributed by atoms with van der Waals surface area (Å²) in [6.45, 7) is 7.74. The third-order valence-corrected chi connectivity index (χ3v) is 4.92. The van der Waals surface area contributed by atoms with E-state index >= 15 is 0 Å². The van der Waals surface area contributed by atoms with E-state index in [4.69, 9.17) is 9.31 Å². The average Bonchev–Trinajstić information content (AvgIpc) is 3.12. The fraction of sp³-hybridized carbons (Fsp3) is 0.529. The molecule has 2 aliphatic rings. The van der Waals surface area contributed by atoms with Crippen LogP contribution < -0.4 is 0 Å². The summed E-state index contributed by atoms with van der Waals surface area (Å²) in [5.74, 6) is 0.686. The second-order valence-electron chi connectivity index (χ2n) is 7.06. The fourth-order valence-electron chi connectivity index (χ4n) is 2.72. The van der Waals surface area contributed by atoms with Crippen LogP contribution in [0.5, 0.6) is 0 Å². The van der Waals surface area contributed by atoms with Gasteiger partial charge in [-0.05, 0) is 51.5 Å². The maximum absolute atomic E-state index is 14.4. The predicted molar refractivity (Wildman–Crippen MR) is 82.6 cm³/mol. The maximum Gasteiger partial charge on any atom is 0.524 e. The number of halogens is 1. The van der Waals surface area contributed by atoms with Crippen molar-refractivity contribution in [3.05, 3.63) is 47.7 Å². The van der Waals surface area contributed by atoms with E-state index < -0.39 is 18.3 Å². The molecule has 2 fully saturated rings. The molecule has 1 aliphatic carbocycles. The number of hydrogen-bond acceptors (Lipinski definition) is 2. The lowest BCUT2D eigenvalue weighted by molar-refractivity contribution is 0.00578. The van der Waals surface area contributed by atoms with Gasteiger partial charge in [-0.15, -0.1) is 0 Å². The van der Waals surface area contributed by atoms with Gasteiger partial charge in [-0.2, -0.15) is 0 Å². The van der Waals surface area contributed by atoms with Gasteiger partial charge in [0.25, 0.3) is 0 Å². The first-order valence-corrected chi connectivity index (χ1v) is 7.58. The molecule has 0 bridgehead atoms. The van der Waals surface area contributed by atoms with Gasteiger partial charge in [0, 0.05) is 0 Å². The molecule has 3 rings (SSSR count). The van der Waals surface area contributed by atoms with Crippen molar-refractivity contribution in [3.8, 4) is 0 Å². The van der Waals surface area contributed by atoms with Crippen molar-refractivity contribution in [1.82, 2.24) is 0 Å². The van der Waals surface area contributed by atoms with Gasteiger partial charge in [0.15, 0.2) is 0 Å². The lowest BCUT2D eigenvalue weighted by atomic mass is 9.87. The highest BCUT2D eigenvalue weighted by Gasteiger charge is 2.53. The van der Waals surface area contributed by atoms with E-state index in [0.29, 0.717) is 5.92 Å². The van der Waals surface area contributed by atoms with Gasteiger partial charge in [-0.1, -0.05) is 36.4 Å². The summed E-state index contributed by atoms with van der Waals surface area (Å²) in [5, 5.41) is 0. The molecular formula is C17H22BFO2. The standard InChI is InChI=1S/C17H22BFO2/c1-16(2)17(3,4)21-18(20-16)15(19)11-13-10-14(13)12-8-6-5-7-9-12/h5-9,11,13-14H,10H2,1-4H3. The summed E-state index contributed by atoms with van der Waals surface area (Å²) in [7, 11) is -0.868. The van der Waals surface area contributed by atoms with Crippen molar-refractivity contribution in [3.63, 3.8) is 0 Å². The average molecular weight is 288 g/mol. The normalized spacial score (nSPS) is 30.5. The van der Waals surface area contributed by atoms with Crippen molar-refractivity contribution in [2.75, 3.05) is 0 Å². The van der Waals surface area contributed by atoms with Crippen LogP contribution in [0, 0.1) is 5.92 Å². The molecule has 2 atom stereocenters. The van der Waals surface area contributed by atoms with Gasteiger partial charge >= 0.3 is 7.12 Å². The highest BCUT2D eigenvalue weighted by Crippen LogP contribution is 2.49. The summed E-state index contributed by atoms with van der Waals surface area (Å²) in [6, 6.07) is 10.3. The lowest BCUT2D eigenvalue weighted by Gasteiger charge is -2.32. The largest absolute Gasteiger partial charge is 0.524 e. The highest BCUT2D eigenvalue weighted by molar-refractivity contribution is 6.53. The first-order valence-electron chi connectivity index (χ1n) is 7.58. The Balaban J connectivity index is 1.67. The molecule has 2 unspecified atom stereocenters. The minimum absolute atomic E-state index is 0.256. The van der Waals surface area contributed by atoms with Gasteiger partial charge in [0.1, 0.15) is 5.73 Å². The fourth-order valence-corrected chi connectivity index (χ4v) is 2.72. The number of benzene rings is 1. The summed E-state index contributed by atoms with van der Waals surface area (Å²) < 4.78 is 25.8. The van der Waals surface area contributed by atoms with E-state index in [1.54, 1.807) is 6.08 Å². The van der Waals surface area contributed by atoms with E-state index in [1.807, 2.05) is 45.9 Å². The smallest absolute Gasteiger partial charge is 0.398 e. The summed E-state index contributed by atoms with van der Waals surface area (Å²) >= 11 is 0. The Labute approximate surface area is 126 Å². The second-order valence-corrected chi connectivity index (χ2v) is 7.06. The van der Waals surface area contributed by atoms with Gasteiger partial charge in [-0.25, -0.2) is 4.39 Å². The Kier molecular flexibility index (Phi) is 3.49. The second kappa shape index (κ2) is 4.96. The highest BCUT2D eigenvalue weighted by atomic mass is 19.1. The van der Waals surface area contributed by atoms with Crippen LogP contribution in [0.25, 0.3) is 0 Å². The molecule has 0 radical (unpaired) electrons. The van der Waals surface area contributed by atoms with Crippen LogP contribution in [-0.2, 0) is 9.31 Å². The molecule has 0 N–H and O–H groups in total. The Morgan fingerprint density at radius 2 is 1.71 bits per heavy atom. The maximum atomic E-state index is 14.4. The minimum Gasteiger partial charge on any atom is -0.398 e. The van der Waals surface area contributed by atoms with E-state index in [9.17, 15) is 4.39 Å². The Bertz CT molecular complexity index is 537. The van der Waals surface area contributed by atoms with Crippen LogP contribution in [0.3, 0.4) is 0 Å². The van der Waals surface area contributed by atoms with Crippen molar-refractivity contribution in [2.24, 2.45) is 5.92 Å². The van der Waals surface area contributed by atoms with E-state index in [0.717, 1.165) is 6.42 Å². The van der Waals surface area contributed by atoms with Crippen LogP contribution in [0.15, 0.2) is 42.1 Å². The number of hydrogen-bond donors (Lipinski definition) is 0. The quantitative estimate of drug-likeness (QED) is 0.773. The molecule has 21 heavy (non-hydrogen) atoms. The molecule has 0 spiro atoms. The summed E-state index contributed by atoms with van der Waals surface area (Å²) in [5.41, 5.74) is -0.00578. The predicted octanol–water partition coefficient (Wildman–Crippen LogP) is 4.27. The molecule has 2 nitrogen and oxygen atoms in total. The zero-order chi connectivity index (χ0) is 15.3. The van der Waals surface area contributed by atoms with Gasteiger partial charge in [-0.3, -0.25) is 0 Å². The van der Waals surface area contributed by atoms with E-state index in [-0.39, 0.29) is 11.6 Å². The molecule has 1 aromatic rings. The van der Waals surface area contributed by atoms with E-state index in [1.165, 1.54) is 5.56 Å². The molecule has 4 heteroatoms. The molecule has 1 aliphatic heterocycles.